The van der Waals surface area contributed by atoms with Crippen molar-refractivity contribution in [2.24, 2.45) is 0 Å². The van der Waals surface area contributed by atoms with Gasteiger partial charge in [-0.15, -0.1) is 11.6 Å². The van der Waals surface area contributed by atoms with Crippen molar-refractivity contribution in [3.63, 3.8) is 0 Å². The number of fused-ring (bicyclic) bond motifs is 1. The first-order valence-electron chi connectivity index (χ1n) is 4.46. The maximum Gasteiger partial charge on any atom is 0.354 e. The number of alkyl halides is 1. The van der Waals surface area contributed by atoms with Gasteiger partial charge in [-0.2, -0.15) is 0 Å². The smallest absolute Gasteiger partial charge is 0.354 e. The molecule has 3 nitrogen and oxygen atoms in total. The molecule has 0 aromatic heterocycles. The Morgan fingerprint density at radius 3 is 2.56 bits per heavy atom. The topological polar surface area (TPSA) is 54.4 Å². The molecule has 2 atom stereocenters. The summed E-state index contributed by atoms with van der Waals surface area (Å²) in [5.74, 6) is 0. The summed E-state index contributed by atoms with van der Waals surface area (Å²) in [7, 11) is -3.13. The van der Waals surface area contributed by atoms with Crippen LogP contribution in [0.15, 0.2) is 30.3 Å². The van der Waals surface area contributed by atoms with E-state index < -0.39 is 18.4 Å². The van der Waals surface area contributed by atoms with Gasteiger partial charge in [-0.3, -0.25) is 0 Å². The number of hydrogen-bond donors (Lipinski definition) is 1. The van der Waals surface area contributed by atoms with Gasteiger partial charge in [-0.1, -0.05) is 35.9 Å². The molecular formula is C10H7Cl2O3P. The van der Waals surface area contributed by atoms with E-state index in [1.165, 1.54) is 12.1 Å². The monoisotopic (exact) mass is 276 g/mol. The van der Waals surface area contributed by atoms with Crippen LogP contribution in [0, 0.1) is 0 Å². The second kappa shape index (κ2) is 4.01. The summed E-state index contributed by atoms with van der Waals surface area (Å²) in [6.45, 7) is 0. The molecule has 0 heterocycles. The van der Waals surface area contributed by atoms with Crippen molar-refractivity contribution >= 4 is 35.9 Å². The highest BCUT2D eigenvalue weighted by molar-refractivity contribution is 7.32. The molecule has 0 bridgehead atoms. The minimum absolute atomic E-state index is 0.221. The number of rotatable bonds is 1. The molecule has 0 spiro atoms. The minimum atomic E-state index is -3.13. The Morgan fingerprint density at radius 1 is 1.31 bits per heavy atom. The molecule has 84 valence electrons. The maximum absolute atomic E-state index is 11.2. The fourth-order valence-electron chi connectivity index (χ4n) is 1.69. The van der Waals surface area contributed by atoms with Gasteiger partial charge in [0.25, 0.3) is 0 Å². The van der Waals surface area contributed by atoms with Gasteiger partial charge in [0.2, 0.25) is 5.34 Å². The average Bonchev–Trinajstić information content (AvgIpc) is 2.26. The largest absolute Gasteiger partial charge is 0.370 e. The summed E-state index contributed by atoms with van der Waals surface area (Å²) < 4.78 is 22.4. The molecule has 0 saturated heterocycles. The Bertz CT molecular complexity index is 531. The summed E-state index contributed by atoms with van der Waals surface area (Å²) in [5.41, 5.74) is 0.710. The van der Waals surface area contributed by atoms with E-state index >= 15 is 0 Å². The number of aliphatic hydroxyl groups is 1. The Balaban J connectivity index is 2.77. The van der Waals surface area contributed by atoms with E-state index in [-0.39, 0.29) is 5.56 Å². The predicted octanol–water partition coefficient (Wildman–Crippen LogP) is 3.21. The van der Waals surface area contributed by atoms with Crippen molar-refractivity contribution in [1.82, 2.24) is 0 Å². The number of benzene rings is 1. The van der Waals surface area contributed by atoms with E-state index in [2.05, 4.69) is 0 Å². The number of halogens is 2. The molecule has 1 aliphatic rings. The lowest BCUT2D eigenvalue weighted by atomic mass is 9.94. The van der Waals surface area contributed by atoms with Crippen LogP contribution in [-0.4, -0.2) is 10.5 Å². The van der Waals surface area contributed by atoms with Crippen molar-refractivity contribution in [3.8, 4) is 0 Å². The zero-order chi connectivity index (χ0) is 11.9. The van der Waals surface area contributed by atoms with Crippen LogP contribution < -0.4 is 0 Å². The van der Waals surface area contributed by atoms with Crippen LogP contribution in [-0.2, 0) is 14.5 Å². The molecule has 0 fully saturated rings. The van der Waals surface area contributed by atoms with Gasteiger partial charge in [0.1, 0.15) is 5.38 Å². The molecule has 1 aliphatic carbocycles. The Morgan fingerprint density at radius 2 is 1.94 bits per heavy atom. The predicted molar refractivity (Wildman–Crippen MR) is 62.1 cm³/mol. The fourth-order valence-corrected chi connectivity index (χ4v) is 3.20. The third-order valence-electron chi connectivity index (χ3n) is 2.54. The standard InChI is InChI=1S/C10H7Cl2O3P/c11-8-5-9(12)10(13,16(14)15)7-4-2-1-3-6(7)8/h1-5,9,13H. The van der Waals surface area contributed by atoms with Crippen LogP contribution in [0.4, 0.5) is 0 Å². The molecule has 1 aromatic rings. The minimum Gasteiger partial charge on any atom is -0.370 e. The molecule has 0 aliphatic heterocycles. The highest BCUT2D eigenvalue weighted by atomic mass is 35.5. The first kappa shape index (κ1) is 11.9. The molecule has 16 heavy (non-hydrogen) atoms. The maximum atomic E-state index is 11.2. The van der Waals surface area contributed by atoms with Crippen LogP contribution in [0.1, 0.15) is 11.1 Å². The van der Waals surface area contributed by atoms with Crippen LogP contribution in [0.3, 0.4) is 0 Å². The van der Waals surface area contributed by atoms with Gasteiger partial charge in [0.15, 0.2) is 0 Å². The molecule has 6 heteroatoms. The van der Waals surface area contributed by atoms with Gasteiger partial charge in [0.05, 0.1) is 0 Å². The van der Waals surface area contributed by atoms with Crippen LogP contribution in [0.2, 0.25) is 0 Å². The summed E-state index contributed by atoms with van der Waals surface area (Å²) in [4.78, 5) is 0. The average molecular weight is 277 g/mol. The lowest BCUT2D eigenvalue weighted by Gasteiger charge is -2.30. The molecule has 0 radical (unpaired) electrons. The van der Waals surface area contributed by atoms with Gasteiger partial charge in [-0.05, 0) is 11.6 Å². The van der Waals surface area contributed by atoms with Crippen molar-refractivity contribution < 1.29 is 14.2 Å². The van der Waals surface area contributed by atoms with E-state index in [0.717, 1.165) is 0 Å². The zero-order valence-corrected chi connectivity index (χ0v) is 10.3. The summed E-state index contributed by atoms with van der Waals surface area (Å²) in [6.07, 6.45) is 1.33. The Kier molecular flexibility index (Phi) is 2.97. The van der Waals surface area contributed by atoms with Gasteiger partial charge >= 0.3 is 7.68 Å². The van der Waals surface area contributed by atoms with E-state index in [1.54, 1.807) is 18.2 Å². The number of hydrogen-bond acceptors (Lipinski definition) is 3. The van der Waals surface area contributed by atoms with Crippen molar-refractivity contribution in [1.29, 1.82) is 0 Å². The molecular weight excluding hydrogens is 270 g/mol. The van der Waals surface area contributed by atoms with Crippen molar-refractivity contribution in [3.05, 3.63) is 41.5 Å². The normalized spacial score (nSPS) is 28.2. The molecule has 1 aromatic carbocycles. The second-order valence-electron chi connectivity index (χ2n) is 3.45. The first-order valence-corrected chi connectivity index (χ1v) is 6.45. The van der Waals surface area contributed by atoms with Crippen LogP contribution in [0.5, 0.6) is 0 Å². The van der Waals surface area contributed by atoms with Crippen LogP contribution >= 0.6 is 30.9 Å². The highest BCUT2D eigenvalue weighted by Gasteiger charge is 2.47. The zero-order valence-electron chi connectivity index (χ0n) is 7.93. The van der Waals surface area contributed by atoms with E-state index in [4.69, 9.17) is 23.2 Å². The third kappa shape index (κ3) is 1.56. The third-order valence-corrected chi connectivity index (χ3v) is 4.54. The molecule has 2 unspecified atom stereocenters. The first-order chi connectivity index (χ1) is 7.48. The van der Waals surface area contributed by atoms with Gasteiger partial charge < -0.3 is 5.11 Å². The van der Waals surface area contributed by atoms with Gasteiger partial charge in [0, 0.05) is 10.6 Å². The van der Waals surface area contributed by atoms with E-state index in [9.17, 15) is 14.2 Å². The quantitative estimate of drug-likeness (QED) is 0.633. The second-order valence-corrected chi connectivity index (χ2v) is 5.52. The van der Waals surface area contributed by atoms with Crippen molar-refractivity contribution in [2.75, 3.05) is 0 Å². The fraction of sp³-hybridized carbons (Fsp3) is 0.200. The van der Waals surface area contributed by atoms with E-state index in [0.29, 0.717) is 10.6 Å². The lowest BCUT2D eigenvalue weighted by Crippen LogP contribution is -2.33. The highest BCUT2D eigenvalue weighted by Crippen LogP contribution is 2.49. The molecule has 0 saturated carbocycles. The summed E-state index contributed by atoms with van der Waals surface area (Å²) in [5, 5.41) is 7.32. The molecule has 0 amide bonds. The van der Waals surface area contributed by atoms with E-state index in [1.807, 2.05) is 0 Å². The summed E-state index contributed by atoms with van der Waals surface area (Å²) in [6, 6.07) is 6.48. The Hall–Kier alpha value is -0.600. The molecule has 1 N–H and O–H groups in total. The SMILES string of the molecule is O=P(=O)C1(O)c2ccccc2C(Cl)=CC1Cl. The van der Waals surface area contributed by atoms with Gasteiger partial charge in [-0.25, -0.2) is 9.13 Å². The Labute approximate surface area is 103 Å². The van der Waals surface area contributed by atoms with Crippen LogP contribution in [0.25, 0.3) is 5.03 Å². The lowest BCUT2D eigenvalue weighted by molar-refractivity contribution is 0.127. The summed E-state index contributed by atoms with van der Waals surface area (Å²) >= 11 is 11.8. The molecule has 2 rings (SSSR count). The van der Waals surface area contributed by atoms with Crippen molar-refractivity contribution in [2.45, 2.75) is 10.7 Å².